The summed E-state index contributed by atoms with van der Waals surface area (Å²) >= 11 is 0. The average molecular weight is 442 g/mol. The molecule has 1 aromatic heterocycles. The molecule has 0 atom stereocenters. The number of carbonyl (C=O) groups is 2. The van der Waals surface area contributed by atoms with E-state index in [1.54, 1.807) is 0 Å². The van der Waals surface area contributed by atoms with Gasteiger partial charge in [0.05, 0.1) is 18.0 Å². The maximum atomic E-state index is 14.5. The van der Waals surface area contributed by atoms with Crippen LogP contribution >= 0.6 is 0 Å². The maximum absolute atomic E-state index is 14.5. The van der Waals surface area contributed by atoms with Crippen LogP contribution in [0.15, 0.2) is 48.7 Å². The number of nitrogens with two attached hydrogens (primary N) is 1. The third kappa shape index (κ3) is 4.73. The highest BCUT2D eigenvalue weighted by molar-refractivity contribution is 6.01. The zero-order valence-electron chi connectivity index (χ0n) is 16.4. The summed E-state index contributed by atoms with van der Waals surface area (Å²) in [5.74, 6) is -1.48. The van der Waals surface area contributed by atoms with Crippen LogP contribution in [0.3, 0.4) is 0 Å². The van der Waals surface area contributed by atoms with Gasteiger partial charge in [-0.15, -0.1) is 0 Å². The molecule has 164 valence electrons. The fourth-order valence-electron chi connectivity index (χ4n) is 2.95. The van der Waals surface area contributed by atoms with Crippen LogP contribution in [0.4, 0.5) is 25.0 Å². The van der Waals surface area contributed by atoms with Gasteiger partial charge < -0.3 is 30.6 Å². The molecule has 0 saturated carbocycles. The van der Waals surface area contributed by atoms with Gasteiger partial charge in [0.1, 0.15) is 28.8 Å². The van der Waals surface area contributed by atoms with Crippen LogP contribution in [0, 0.1) is 11.6 Å². The molecule has 0 saturated heterocycles. The predicted octanol–water partition coefficient (Wildman–Crippen LogP) is 3.76. The first kappa shape index (κ1) is 21.0. The quantitative estimate of drug-likeness (QED) is 0.553. The number of fused-ring (bicyclic) bond motifs is 1. The highest BCUT2D eigenvalue weighted by Gasteiger charge is 2.19. The number of hydrogen-bond donors (Lipinski definition) is 3. The molecular weight excluding hydrogens is 426 g/mol. The number of ether oxygens (including phenoxy) is 3. The SMILES string of the molecule is NC(=O)c1cc(Oc2ccc(NC(=O)Nc3cc(F)cc4c3OCOC4)c(F)c2)ccn1. The Morgan fingerprint density at radius 1 is 1.03 bits per heavy atom. The number of nitrogens with one attached hydrogen (secondary N) is 2. The lowest BCUT2D eigenvalue weighted by Crippen LogP contribution is -2.22. The van der Waals surface area contributed by atoms with Gasteiger partial charge in [-0.3, -0.25) is 9.78 Å². The predicted molar refractivity (Wildman–Crippen MR) is 109 cm³/mol. The average Bonchev–Trinajstić information content (AvgIpc) is 2.75. The third-order valence-corrected chi connectivity index (χ3v) is 4.33. The minimum absolute atomic E-state index is 0.00647. The summed E-state index contributed by atoms with van der Waals surface area (Å²) in [5.41, 5.74) is 5.55. The first-order valence-corrected chi connectivity index (χ1v) is 9.23. The molecule has 9 nitrogen and oxygen atoms in total. The van der Waals surface area contributed by atoms with Crippen molar-refractivity contribution in [3.8, 4) is 17.2 Å². The van der Waals surface area contributed by atoms with Gasteiger partial charge in [0.15, 0.2) is 12.5 Å². The molecular formula is C21H16F2N4O5. The Morgan fingerprint density at radius 2 is 1.81 bits per heavy atom. The number of halogens is 2. The summed E-state index contributed by atoms with van der Waals surface area (Å²) < 4.78 is 44.2. The van der Waals surface area contributed by atoms with Crippen molar-refractivity contribution >= 4 is 23.3 Å². The second kappa shape index (κ2) is 8.86. The number of urea groups is 1. The standard InChI is InChI=1S/C21H16F2N4O5/c22-12-5-11-9-30-10-31-19(11)17(6-12)27-21(29)26-16-2-1-13(7-15(16)23)32-14-3-4-25-18(8-14)20(24)28/h1-8H,9-10H2,(H2,24,28)(H2,26,27,29). The summed E-state index contributed by atoms with van der Waals surface area (Å²) in [6.45, 7) is 0.0985. The van der Waals surface area contributed by atoms with E-state index in [1.807, 2.05) is 0 Å². The zero-order chi connectivity index (χ0) is 22.7. The molecule has 1 aliphatic rings. The lowest BCUT2D eigenvalue weighted by molar-refractivity contribution is -0.0160. The largest absolute Gasteiger partial charge is 0.465 e. The number of primary amides is 1. The number of carbonyl (C=O) groups excluding carboxylic acids is 2. The van der Waals surface area contributed by atoms with E-state index in [1.165, 1.54) is 36.5 Å². The normalized spacial score (nSPS) is 12.3. The second-order valence-electron chi connectivity index (χ2n) is 6.62. The molecule has 0 bridgehead atoms. The first-order valence-electron chi connectivity index (χ1n) is 9.23. The Balaban J connectivity index is 1.45. The van der Waals surface area contributed by atoms with E-state index in [0.717, 1.165) is 12.1 Å². The molecule has 2 aromatic carbocycles. The van der Waals surface area contributed by atoms with Gasteiger partial charge in [-0.05, 0) is 24.3 Å². The van der Waals surface area contributed by atoms with Gasteiger partial charge in [0.25, 0.3) is 5.91 Å². The molecule has 4 N–H and O–H groups in total. The van der Waals surface area contributed by atoms with Gasteiger partial charge in [-0.1, -0.05) is 0 Å². The number of hydrogen-bond acceptors (Lipinski definition) is 6. The van der Waals surface area contributed by atoms with E-state index in [4.69, 9.17) is 19.9 Å². The fraction of sp³-hybridized carbons (Fsp3) is 0.0952. The van der Waals surface area contributed by atoms with Crippen LogP contribution in [-0.4, -0.2) is 23.7 Å². The van der Waals surface area contributed by atoms with Crippen molar-refractivity contribution < 1.29 is 32.6 Å². The molecule has 0 unspecified atom stereocenters. The van der Waals surface area contributed by atoms with Crippen molar-refractivity contribution in [3.63, 3.8) is 0 Å². The lowest BCUT2D eigenvalue weighted by Gasteiger charge is -2.21. The summed E-state index contributed by atoms with van der Waals surface area (Å²) in [6, 6.07) is 8.05. The lowest BCUT2D eigenvalue weighted by atomic mass is 10.1. The van der Waals surface area contributed by atoms with Crippen molar-refractivity contribution in [1.29, 1.82) is 0 Å². The van der Waals surface area contributed by atoms with Gasteiger partial charge in [0, 0.05) is 30.0 Å². The molecule has 2 heterocycles. The first-order chi connectivity index (χ1) is 15.4. The summed E-state index contributed by atoms with van der Waals surface area (Å²) in [7, 11) is 0. The van der Waals surface area contributed by atoms with Crippen molar-refractivity contribution in [2.24, 2.45) is 5.73 Å². The Labute approximate surface area is 180 Å². The van der Waals surface area contributed by atoms with Crippen LogP contribution in [0.5, 0.6) is 17.2 Å². The molecule has 1 aliphatic heterocycles. The van der Waals surface area contributed by atoms with E-state index < -0.39 is 23.6 Å². The number of nitrogens with zero attached hydrogens (tertiary/aromatic N) is 1. The second-order valence-corrected chi connectivity index (χ2v) is 6.62. The van der Waals surface area contributed by atoms with E-state index in [9.17, 15) is 18.4 Å². The van der Waals surface area contributed by atoms with Crippen LogP contribution in [0.25, 0.3) is 0 Å². The Kier molecular flexibility index (Phi) is 5.81. The topological polar surface area (TPSA) is 125 Å². The maximum Gasteiger partial charge on any atom is 0.323 e. The van der Waals surface area contributed by atoms with Gasteiger partial charge in [-0.25, -0.2) is 13.6 Å². The number of rotatable bonds is 5. The van der Waals surface area contributed by atoms with Crippen molar-refractivity contribution in [2.75, 3.05) is 17.4 Å². The molecule has 0 radical (unpaired) electrons. The minimum atomic E-state index is -0.805. The Morgan fingerprint density at radius 3 is 2.59 bits per heavy atom. The van der Waals surface area contributed by atoms with Crippen LogP contribution in [-0.2, 0) is 11.3 Å². The highest BCUT2D eigenvalue weighted by Crippen LogP contribution is 2.34. The zero-order valence-corrected chi connectivity index (χ0v) is 16.4. The minimum Gasteiger partial charge on any atom is -0.465 e. The molecule has 11 heteroatoms. The molecule has 32 heavy (non-hydrogen) atoms. The molecule has 0 spiro atoms. The van der Waals surface area contributed by atoms with E-state index in [0.29, 0.717) is 5.56 Å². The molecule has 0 fully saturated rings. The third-order valence-electron chi connectivity index (χ3n) is 4.33. The molecule has 3 aromatic rings. The molecule has 0 aliphatic carbocycles. The summed E-state index contributed by atoms with van der Waals surface area (Å²) in [6.07, 6.45) is 1.33. The van der Waals surface area contributed by atoms with Gasteiger partial charge >= 0.3 is 6.03 Å². The van der Waals surface area contributed by atoms with E-state index in [-0.39, 0.29) is 47.7 Å². The number of benzene rings is 2. The number of amides is 3. The van der Waals surface area contributed by atoms with Crippen molar-refractivity contribution in [1.82, 2.24) is 4.98 Å². The van der Waals surface area contributed by atoms with Gasteiger partial charge in [-0.2, -0.15) is 0 Å². The smallest absolute Gasteiger partial charge is 0.323 e. The van der Waals surface area contributed by atoms with E-state index in [2.05, 4.69) is 15.6 Å². The van der Waals surface area contributed by atoms with Crippen molar-refractivity contribution in [2.45, 2.75) is 6.61 Å². The number of aromatic nitrogens is 1. The monoisotopic (exact) mass is 442 g/mol. The Bertz CT molecular complexity index is 1200. The highest BCUT2D eigenvalue weighted by atomic mass is 19.1. The molecule has 4 rings (SSSR count). The van der Waals surface area contributed by atoms with Crippen LogP contribution in [0.2, 0.25) is 0 Å². The van der Waals surface area contributed by atoms with Gasteiger partial charge in [0.2, 0.25) is 0 Å². The van der Waals surface area contributed by atoms with Crippen molar-refractivity contribution in [3.05, 3.63) is 71.6 Å². The number of pyridine rings is 1. The Hall–Kier alpha value is -4.25. The van der Waals surface area contributed by atoms with Crippen LogP contribution < -0.4 is 25.8 Å². The van der Waals surface area contributed by atoms with Crippen LogP contribution in [0.1, 0.15) is 16.1 Å². The summed E-state index contributed by atoms with van der Waals surface area (Å²) in [5, 5.41) is 4.78. The molecule has 3 amide bonds. The fourth-order valence-corrected chi connectivity index (χ4v) is 2.95. The number of anilines is 2. The van der Waals surface area contributed by atoms with E-state index >= 15 is 0 Å². The summed E-state index contributed by atoms with van der Waals surface area (Å²) in [4.78, 5) is 27.3.